The summed E-state index contributed by atoms with van der Waals surface area (Å²) in [6, 6.07) is 21.6. The van der Waals surface area contributed by atoms with Crippen molar-refractivity contribution in [3.05, 3.63) is 94.0 Å². The average molecular weight is 676 g/mol. The lowest BCUT2D eigenvalue weighted by Crippen LogP contribution is -2.70. The van der Waals surface area contributed by atoms with E-state index < -0.39 is 0 Å². The zero-order chi connectivity index (χ0) is 31.7. The number of carbonyl (C=O) groups excluding carboxylic acids is 4. The lowest BCUT2D eigenvalue weighted by molar-refractivity contribution is -0.143. The fourth-order valence-corrected chi connectivity index (χ4v) is 6.98. The number of imide groups is 1. The van der Waals surface area contributed by atoms with Crippen LogP contribution < -0.4 is 10.1 Å². The van der Waals surface area contributed by atoms with Crippen molar-refractivity contribution in [1.82, 2.24) is 14.7 Å². The van der Waals surface area contributed by atoms with E-state index >= 15 is 0 Å². The molecule has 0 aliphatic carbocycles. The molecule has 11 heteroatoms. The smallest absolute Gasteiger partial charge is 0.321 e. The van der Waals surface area contributed by atoms with Crippen molar-refractivity contribution in [2.75, 3.05) is 45.2 Å². The van der Waals surface area contributed by atoms with E-state index in [0.717, 1.165) is 10.0 Å². The molecule has 10 nitrogen and oxygen atoms in total. The van der Waals surface area contributed by atoms with Crippen LogP contribution in [0.3, 0.4) is 0 Å². The van der Waals surface area contributed by atoms with E-state index in [1.165, 1.54) is 11.8 Å². The lowest BCUT2D eigenvalue weighted by atomic mass is 9.73. The third-order valence-corrected chi connectivity index (χ3v) is 9.55. The van der Waals surface area contributed by atoms with Gasteiger partial charge in [0.25, 0.3) is 11.8 Å². The molecule has 3 aliphatic rings. The van der Waals surface area contributed by atoms with Gasteiger partial charge >= 0.3 is 12.0 Å². The van der Waals surface area contributed by atoms with Gasteiger partial charge in [0, 0.05) is 67.2 Å². The number of urea groups is 1. The minimum atomic E-state index is -0.360. The topological polar surface area (TPSA) is 108 Å². The number of amides is 4. The van der Waals surface area contributed by atoms with Crippen LogP contribution in [0.4, 0.5) is 10.5 Å². The highest BCUT2D eigenvalue weighted by Gasteiger charge is 2.53. The van der Waals surface area contributed by atoms with Crippen LogP contribution in [-0.4, -0.2) is 90.5 Å². The van der Waals surface area contributed by atoms with Gasteiger partial charge < -0.3 is 19.7 Å². The quantitative estimate of drug-likeness (QED) is 0.277. The van der Waals surface area contributed by atoms with Crippen LogP contribution in [0.5, 0.6) is 5.75 Å². The van der Waals surface area contributed by atoms with E-state index in [4.69, 9.17) is 9.47 Å². The first-order valence-electron chi connectivity index (χ1n) is 15.0. The van der Waals surface area contributed by atoms with Crippen LogP contribution in [0.1, 0.15) is 45.5 Å². The van der Waals surface area contributed by atoms with Crippen LogP contribution in [-0.2, 0) is 9.53 Å². The van der Waals surface area contributed by atoms with Crippen molar-refractivity contribution < 1.29 is 28.7 Å². The third kappa shape index (κ3) is 6.32. The molecule has 234 valence electrons. The van der Waals surface area contributed by atoms with E-state index in [1.54, 1.807) is 55.6 Å². The lowest BCUT2D eigenvalue weighted by Gasteiger charge is -2.59. The molecule has 0 saturated carbocycles. The van der Waals surface area contributed by atoms with Gasteiger partial charge in [-0.2, -0.15) is 0 Å². The number of benzene rings is 3. The van der Waals surface area contributed by atoms with Crippen LogP contribution in [0.15, 0.2) is 77.3 Å². The number of halogens is 1. The highest BCUT2D eigenvalue weighted by molar-refractivity contribution is 9.10. The maximum Gasteiger partial charge on any atom is 0.321 e. The van der Waals surface area contributed by atoms with Crippen molar-refractivity contribution in [1.29, 1.82) is 0 Å². The number of rotatable bonds is 7. The standard InChI is InChI=1S/C34H35BrN4O6/c1-21(40)45-20-22-15-16-37(34(43)36-25-11-13-26(44-2)14-12-25)18-29-31(23-7-9-24(35)10-8-23)30(38(29)17-22)19-39-32(41)27-5-3-4-6-28(27)33(39)42/h3-14,22,29-31H,15-20H2,1-2H3,(H,36,43)/t22?,29-,30+,31+/m0/s1. The number of nitrogens with zero attached hydrogens (tertiary/aromatic N) is 3. The first kappa shape index (κ1) is 30.8. The van der Waals surface area contributed by atoms with Crippen LogP contribution in [0.2, 0.25) is 0 Å². The zero-order valence-electron chi connectivity index (χ0n) is 25.1. The molecular formula is C34H35BrN4O6. The molecule has 2 saturated heterocycles. The Morgan fingerprint density at radius 1 is 0.933 bits per heavy atom. The van der Waals surface area contributed by atoms with Crippen molar-refractivity contribution in [2.24, 2.45) is 5.92 Å². The minimum absolute atomic E-state index is 0.0523. The predicted octanol–water partition coefficient (Wildman–Crippen LogP) is 5.01. The largest absolute Gasteiger partial charge is 0.497 e. The normalized spacial score (nSPS) is 22.9. The molecule has 4 atom stereocenters. The molecule has 3 aliphatic heterocycles. The summed E-state index contributed by atoms with van der Waals surface area (Å²) in [5, 5.41) is 3.01. The number of anilines is 1. The summed E-state index contributed by atoms with van der Waals surface area (Å²) >= 11 is 3.53. The van der Waals surface area contributed by atoms with E-state index in [-0.39, 0.29) is 60.9 Å². The number of hydrogen-bond donors (Lipinski definition) is 1. The van der Waals surface area contributed by atoms with Gasteiger partial charge in [-0.25, -0.2) is 4.79 Å². The third-order valence-electron chi connectivity index (χ3n) is 9.02. The summed E-state index contributed by atoms with van der Waals surface area (Å²) in [6.07, 6.45) is 0.620. The van der Waals surface area contributed by atoms with Gasteiger partial charge in [-0.05, 0) is 60.5 Å². The van der Waals surface area contributed by atoms with Gasteiger partial charge in [0.1, 0.15) is 5.75 Å². The fraction of sp³-hybridized carbons (Fsp3) is 0.353. The van der Waals surface area contributed by atoms with Crippen LogP contribution in [0.25, 0.3) is 0 Å². The Balaban J connectivity index is 1.30. The second-order valence-electron chi connectivity index (χ2n) is 11.7. The highest BCUT2D eigenvalue weighted by Crippen LogP contribution is 2.44. The van der Waals surface area contributed by atoms with Crippen molar-refractivity contribution in [2.45, 2.75) is 31.3 Å². The molecule has 2 fully saturated rings. The molecule has 6 rings (SSSR count). The molecule has 1 N–H and O–H groups in total. The second kappa shape index (κ2) is 13.0. The first-order valence-corrected chi connectivity index (χ1v) is 15.8. The summed E-state index contributed by atoms with van der Waals surface area (Å²) in [7, 11) is 1.59. The zero-order valence-corrected chi connectivity index (χ0v) is 26.7. The Morgan fingerprint density at radius 3 is 2.22 bits per heavy atom. The Labute approximate surface area is 270 Å². The molecule has 0 spiro atoms. The van der Waals surface area contributed by atoms with Gasteiger partial charge in [-0.15, -0.1) is 0 Å². The minimum Gasteiger partial charge on any atom is -0.497 e. The molecule has 3 heterocycles. The summed E-state index contributed by atoms with van der Waals surface area (Å²) < 4.78 is 11.6. The highest BCUT2D eigenvalue weighted by atomic mass is 79.9. The van der Waals surface area contributed by atoms with E-state index in [1.807, 2.05) is 17.0 Å². The number of fused-ring (bicyclic) bond motifs is 2. The Hall–Kier alpha value is -4.22. The first-order chi connectivity index (χ1) is 21.7. The maximum absolute atomic E-state index is 13.7. The Bertz CT molecular complexity index is 1560. The second-order valence-corrected chi connectivity index (χ2v) is 12.7. The molecule has 0 bridgehead atoms. The molecule has 1 unspecified atom stereocenters. The van der Waals surface area contributed by atoms with Crippen molar-refractivity contribution in [3.8, 4) is 5.75 Å². The summed E-state index contributed by atoms with van der Waals surface area (Å²) in [5.74, 6) is -0.370. The maximum atomic E-state index is 13.7. The van der Waals surface area contributed by atoms with Gasteiger partial charge in [-0.1, -0.05) is 40.2 Å². The summed E-state index contributed by atoms with van der Waals surface area (Å²) in [6.45, 7) is 3.35. The average Bonchev–Trinajstić information content (AvgIpc) is 3.27. The predicted molar refractivity (Wildman–Crippen MR) is 171 cm³/mol. The molecule has 3 aromatic carbocycles. The molecule has 0 radical (unpaired) electrons. The van der Waals surface area contributed by atoms with E-state index in [2.05, 4.69) is 38.3 Å². The monoisotopic (exact) mass is 674 g/mol. The molecule has 4 amide bonds. The van der Waals surface area contributed by atoms with Crippen LogP contribution >= 0.6 is 15.9 Å². The van der Waals surface area contributed by atoms with E-state index in [9.17, 15) is 19.2 Å². The van der Waals surface area contributed by atoms with Gasteiger partial charge in [0.15, 0.2) is 0 Å². The summed E-state index contributed by atoms with van der Waals surface area (Å²) in [5.41, 5.74) is 2.55. The fourth-order valence-electron chi connectivity index (χ4n) is 6.72. The van der Waals surface area contributed by atoms with Crippen LogP contribution in [0, 0.1) is 5.92 Å². The molecule has 45 heavy (non-hydrogen) atoms. The van der Waals surface area contributed by atoms with Crippen molar-refractivity contribution >= 4 is 45.4 Å². The Kier molecular flexibility index (Phi) is 8.91. The van der Waals surface area contributed by atoms with Crippen molar-refractivity contribution in [3.63, 3.8) is 0 Å². The Morgan fingerprint density at radius 2 is 1.60 bits per heavy atom. The van der Waals surface area contributed by atoms with E-state index in [0.29, 0.717) is 48.6 Å². The number of nitrogens with one attached hydrogen (secondary N) is 1. The number of ether oxygens (including phenoxy) is 2. The SMILES string of the molecule is COc1ccc(NC(=O)N2CCC(COC(C)=O)CN3[C@H](CN4C(=O)c5ccccc5C4=O)[C@H](c4ccc(Br)cc4)[C@@H]3C2)cc1. The molecule has 0 aromatic heterocycles. The molecular weight excluding hydrogens is 640 g/mol. The number of hydrogen-bond acceptors (Lipinski definition) is 7. The number of esters is 1. The van der Waals surface area contributed by atoms with Gasteiger partial charge in [0.05, 0.1) is 24.8 Å². The van der Waals surface area contributed by atoms with Gasteiger partial charge in [0.2, 0.25) is 0 Å². The summed E-state index contributed by atoms with van der Waals surface area (Å²) in [4.78, 5) is 57.7. The molecule has 3 aromatic rings. The number of carbonyl (C=O) groups is 4. The number of methoxy groups -OCH3 is 1. The van der Waals surface area contributed by atoms with Gasteiger partial charge in [-0.3, -0.25) is 24.2 Å².